The average molecular weight is 327 g/mol. The van der Waals surface area contributed by atoms with Crippen LogP contribution in [0.3, 0.4) is 0 Å². The largest absolute Gasteiger partial charge is 0.371 e. The number of aryl methyl sites for hydroxylation is 1. The van der Waals surface area contributed by atoms with Gasteiger partial charge in [0, 0.05) is 29.1 Å². The van der Waals surface area contributed by atoms with E-state index in [4.69, 9.17) is 11.6 Å². The second-order valence-electron chi connectivity index (χ2n) is 5.17. The third-order valence-electron chi connectivity index (χ3n) is 3.51. The van der Waals surface area contributed by atoms with Gasteiger partial charge in [0.2, 0.25) is 0 Å². The molecule has 2 aromatic carbocycles. The number of nitrogens with zero attached hydrogens (tertiary/aromatic N) is 2. The molecular formula is C17H15ClN4O. The summed E-state index contributed by atoms with van der Waals surface area (Å²) in [7, 11) is 1.76. The van der Waals surface area contributed by atoms with Gasteiger partial charge < -0.3 is 10.6 Å². The van der Waals surface area contributed by atoms with Gasteiger partial charge in [-0.2, -0.15) is 0 Å². The topological polar surface area (TPSA) is 66.9 Å². The number of hydrogen-bond acceptors (Lipinski definition) is 4. The SMILES string of the molecule is CNc1nnc(Cl)c2cc(C(=O)Nc3cccc(C)c3)ccc12. The molecule has 0 aliphatic rings. The van der Waals surface area contributed by atoms with Crippen molar-refractivity contribution in [3.05, 3.63) is 58.7 Å². The van der Waals surface area contributed by atoms with Gasteiger partial charge in [0.05, 0.1) is 0 Å². The van der Waals surface area contributed by atoms with Crippen LogP contribution in [0.5, 0.6) is 0 Å². The number of fused-ring (bicyclic) bond motifs is 1. The maximum absolute atomic E-state index is 12.4. The van der Waals surface area contributed by atoms with Crippen molar-refractivity contribution in [1.82, 2.24) is 10.2 Å². The van der Waals surface area contributed by atoms with Crippen molar-refractivity contribution < 1.29 is 4.79 Å². The molecule has 1 aromatic heterocycles. The highest BCUT2D eigenvalue weighted by atomic mass is 35.5. The van der Waals surface area contributed by atoms with Crippen LogP contribution in [-0.4, -0.2) is 23.2 Å². The Morgan fingerprint density at radius 3 is 2.65 bits per heavy atom. The summed E-state index contributed by atoms with van der Waals surface area (Å²) in [5.41, 5.74) is 2.35. The summed E-state index contributed by atoms with van der Waals surface area (Å²) in [6.45, 7) is 1.98. The van der Waals surface area contributed by atoms with E-state index in [1.165, 1.54) is 0 Å². The second-order valence-corrected chi connectivity index (χ2v) is 5.53. The molecule has 0 spiro atoms. The third-order valence-corrected chi connectivity index (χ3v) is 3.79. The number of halogens is 1. The fourth-order valence-electron chi connectivity index (χ4n) is 2.38. The van der Waals surface area contributed by atoms with Crippen LogP contribution in [0.2, 0.25) is 5.15 Å². The standard InChI is InChI=1S/C17H15ClN4O/c1-10-4-3-5-12(8-10)20-17(23)11-6-7-13-14(9-11)15(18)21-22-16(13)19-2/h3-9H,1-2H3,(H,19,22)(H,20,23). The second kappa shape index (κ2) is 6.22. The highest BCUT2D eigenvalue weighted by Crippen LogP contribution is 2.27. The lowest BCUT2D eigenvalue weighted by molar-refractivity contribution is 0.102. The Morgan fingerprint density at radius 1 is 1.09 bits per heavy atom. The fourth-order valence-corrected chi connectivity index (χ4v) is 2.57. The first kappa shape index (κ1) is 15.2. The lowest BCUT2D eigenvalue weighted by Gasteiger charge is -2.09. The summed E-state index contributed by atoms with van der Waals surface area (Å²) >= 11 is 6.11. The summed E-state index contributed by atoms with van der Waals surface area (Å²) < 4.78 is 0. The van der Waals surface area contributed by atoms with Crippen LogP contribution in [0.25, 0.3) is 10.8 Å². The van der Waals surface area contributed by atoms with E-state index in [1.807, 2.05) is 37.3 Å². The van der Waals surface area contributed by atoms with Gasteiger partial charge in [-0.25, -0.2) is 0 Å². The summed E-state index contributed by atoms with van der Waals surface area (Å²) in [5, 5.41) is 15.5. The van der Waals surface area contributed by atoms with Crippen LogP contribution in [0, 0.1) is 6.92 Å². The Kier molecular flexibility index (Phi) is 4.12. The molecule has 0 aliphatic heterocycles. The van der Waals surface area contributed by atoms with Gasteiger partial charge in [-0.1, -0.05) is 23.7 Å². The van der Waals surface area contributed by atoms with E-state index < -0.39 is 0 Å². The smallest absolute Gasteiger partial charge is 0.255 e. The van der Waals surface area contributed by atoms with Gasteiger partial charge in [-0.3, -0.25) is 4.79 Å². The first-order valence-electron chi connectivity index (χ1n) is 7.10. The van der Waals surface area contributed by atoms with Crippen LogP contribution in [0.1, 0.15) is 15.9 Å². The molecule has 0 radical (unpaired) electrons. The van der Waals surface area contributed by atoms with Gasteiger partial charge in [0.25, 0.3) is 5.91 Å². The zero-order chi connectivity index (χ0) is 16.4. The molecule has 0 saturated heterocycles. The van der Waals surface area contributed by atoms with E-state index in [1.54, 1.807) is 19.2 Å². The first-order valence-corrected chi connectivity index (χ1v) is 7.48. The van der Waals surface area contributed by atoms with Gasteiger partial charge >= 0.3 is 0 Å². The van der Waals surface area contributed by atoms with E-state index in [9.17, 15) is 4.79 Å². The lowest BCUT2D eigenvalue weighted by Crippen LogP contribution is -2.12. The van der Waals surface area contributed by atoms with E-state index in [0.29, 0.717) is 16.8 Å². The molecule has 1 amide bonds. The van der Waals surface area contributed by atoms with Crippen molar-refractivity contribution in [2.24, 2.45) is 0 Å². The summed E-state index contributed by atoms with van der Waals surface area (Å²) in [6.07, 6.45) is 0. The maximum Gasteiger partial charge on any atom is 0.255 e. The Balaban J connectivity index is 1.97. The average Bonchev–Trinajstić information content (AvgIpc) is 2.55. The monoisotopic (exact) mass is 326 g/mol. The number of nitrogens with one attached hydrogen (secondary N) is 2. The first-order chi connectivity index (χ1) is 11.1. The van der Waals surface area contributed by atoms with Gasteiger partial charge in [-0.05, 0) is 42.8 Å². The number of anilines is 2. The number of rotatable bonds is 3. The molecule has 0 unspecified atom stereocenters. The lowest BCUT2D eigenvalue weighted by atomic mass is 10.1. The highest BCUT2D eigenvalue weighted by Gasteiger charge is 2.12. The van der Waals surface area contributed by atoms with E-state index in [-0.39, 0.29) is 11.1 Å². The van der Waals surface area contributed by atoms with Crippen molar-refractivity contribution in [1.29, 1.82) is 0 Å². The zero-order valence-electron chi connectivity index (χ0n) is 12.7. The number of carbonyl (C=O) groups excluding carboxylic acids is 1. The van der Waals surface area contributed by atoms with Gasteiger partial charge in [-0.15, -0.1) is 10.2 Å². The normalized spacial score (nSPS) is 10.6. The summed E-state index contributed by atoms with van der Waals surface area (Å²) in [5.74, 6) is 0.423. The van der Waals surface area contributed by atoms with Crippen LogP contribution in [-0.2, 0) is 0 Å². The third kappa shape index (κ3) is 3.10. The molecule has 3 rings (SSSR count). The molecule has 116 valence electrons. The minimum atomic E-state index is -0.198. The maximum atomic E-state index is 12.4. The molecule has 0 fully saturated rings. The van der Waals surface area contributed by atoms with E-state index in [0.717, 1.165) is 16.6 Å². The molecule has 6 heteroatoms. The minimum Gasteiger partial charge on any atom is -0.371 e. The zero-order valence-corrected chi connectivity index (χ0v) is 13.5. The highest BCUT2D eigenvalue weighted by molar-refractivity contribution is 6.34. The Morgan fingerprint density at radius 2 is 1.91 bits per heavy atom. The van der Waals surface area contributed by atoms with Gasteiger partial charge in [0.1, 0.15) is 0 Å². The number of benzene rings is 2. The molecule has 3 aromatic rings. The van der Waals surface area contributed by atoms with Crippen LogP contribution >= 0.6 is 11.6 Å². The molecule has 5 nitrogen and oxygen atoms in total. The molecular weight excluding hydrogens is 312 g/mol. The Hall–Kier alpha value is -2.66. The van der Waals surface area contributed by atoms with Crippen molar-refractivity contribution in [3.8, 4) is 0 Å². The molecule has 0 aliphatic carbocycles. The molecule has 0 bridgehead atoms. The quantitative estimate of drug-likeness (QED) is 0.766. The molecule has 23 heavy (non-hydrogen) atoms. The van der Waals surface area contributed by atoms with Crippen LogP contribution in [0.15, 0.2) is 42.5 Å². The summed E-state index contributed by atoms with van der Waals surface area (Å²) in [6, 6.07) is 12.9. The van der Waals surface area contributed by atoms with Gasteiger partial charge in [0.15, 0.2) is 11.0 Å². The van der Waals surface area contributed by atoms with Crippen molar-refractivity contribution in [3.63, 3.8) is 0 Å². The molecule has 0 atom stereocenters. The predicted octanol–water partition coefficient (Wildman–Crippen LogP) is 3.89. The number of amides is 1. The Labute approximate surface area is 138 Å². The van der Waals surface area contributed by atoms with Crippen molar-refractivity contribution in [2.75, 3.05) is 17.7 Å². The molecule has 1 heterocycles. The Bertz CT molecular complexity index is 895. The number of hydrogen-bond donors (Lipinski definition) is 2. The van der Waals surface area contributed by atoms with Crippen LogP contribution in [0.4, 0.5) is 11.5 Å². The molecule has 0 saturated carbocycles. The number of carbonyl (C=O) groups is 1. The van der Waals surface area contributed by atoms with Crippen LogP contribution < -0.4 is 10.6 Å². The predicted molar refractivity (Wildman–Crippen MR) is 93.2 cm³/mol. The number of aromatic nitrogens is 2. The van der Waals surface area contributed by atoms with Crippen molar-refractivity contribution >= 4 is 39.8 Å². The van der Waals surface area contributed by atoms with E-state index in [2.05, 4.69) is 20.8 Å². The minimum absolute atomic E-state index is 0.198. The summed E-state index contributed by atoms with van der Waals surface area (Å²) in [4.78, 5) is 12.4. The van der Waals surface area contributed by atoms with E-state index >= 15 is 0 Å². The van der Waals surface area contributed by atoms with Crippen molar-refractivity contribution in [2.45, 2.75) is 6.92 Å². The fraction of sp³-hybridized carbons (Fsp3) is 0.118. The molecule has 2 N–H and O–H groups in total.